The predicted octanol–water partition coefficient (Wildman–Crippen LogP) is 3.81. The lowest BCUT2D eigenvalue weighted by Crippen LogP contribution is -2.50. The van der Waals surface area contributed by atoms with Crippen molar-refractivity contribution in [2.75, 3.05) is 18.0 Å². The Morgan fingerprint density at radius 3 is 2.63 bits per heavy atom. The Kier molecular flexibility index (Phi) is 5.14. The predicted molar refractivity (Wildman–Crippen MR) is 105 cm³/mol. The third kappa shape index (κ3) is 4.40. The summed E-state index contributed by atoms with van der Waals surface area (Å²) >= 11 is 0. The second kappa shape index (κ2) is 7.63. The largest absolute Gasteiger partial charge is 0.417 e. The number of anilines is 1. The summed E-state index contributed by atoms with van der Waals surface area (Å²) in [5, 5.41) is 12.5. The van der Waals surface area contributed by atoms with Crippen LogP contribution in [0.15, 0.2) is 42.7 Å². The lowest BCUT2D eigenvalue weighted by Gasteiger charge is -2.24. The maximum Gasteiger partial charge on any atom is 0.417 e. The number of amides is 1. The summed E-state index contributed by atoms with van der Waals surface area (Å²) in [4.78, 5) is 17.9. The van der Waals surface area contributed by atoms with Crippen LogP contribution in [0.5, 0.6) is 0 Å². The number of hydrogen-bond acceptors (Lipinski definition) is 4. The molecular formula is C22H21F3N4O. The van der Waals surface area contributed by atoms with Crippen LogP contribution in [0.25, 0.3) is 0 Å². The van der Waals surface area contributed by atoms with Gasteiger partial charge in [0.25, 0.3) is 0 Å². The molecule has 1 amide bonds. The standard InChI is InChI=1S/C22H21F3N4O/c23-22(24,25)18-10-19(12-27-11-18)29-8-7-21(13-26,14-29)28-20(30)9-15-1-3-16(4-2-15)17-5-6-17/h1-4,10-12,17H,5-9,14H2,(H,28,30)/t21-/m0/s1. The van der Waals surface area contributed by atoms with Gasteiger partial charge in [0, 0.05) is 19.2 Å². The zero-order chi connectivity index (χ0) is 21.4. The monoisotopic (exact) mass is 414 g/mol. The summed E-state index contributed by atoms with van der Waals surface area (Å²) < 4.78 is 38.9. The van der Waals surface area contributed by atoms with Gasteiger partial charge >= 0.3 is 6.18 Å². The molecule has 0 unspecified atom stereocenters. The van der Waals surface area contributed by atoms with Crippen molar-refractivity contribution >= 4 is 11.6 Å². The van der Waals surface area contributed by atoms with Gasteiger partial charge in [0.15, 0.2) is 0 Å². The molecule has 0 bridgehead atoms. The normalized spacial score (nSPS) is 21.3. The van der Waals surface area contributed by atoms with E-state index in [1.165, 1.54) is 24.6 Å². The topological polar surface area (TPSA) is 69.0 Å². The molecule has 1 saturated carbocycles. The molecule has 1 aliphatic heterocycles. The Labute approximate surface area is 172 Å². The number of nitriles is 1. The molecule has 1 N–H and O–H groups in total. The Bertz CT molecular complexity index is 979. The smallest absolute Gasteiger partial charge is 0.367 e. The van der Waals surface area contributed by atoms with Crippen LogP contribution >= 0.6 is 0 Å². The number of nitrogens with zero attached hydrogens (tertiary/aromatic N) is 3. The minimum absolute atomic E-state index is 0.110. The number of pyridine rings is 1. The molecule has 0 radical (unpaired) electrons. The minimum Gasteiger partial charge on any atom is -0.367 e. The highest BCUT2D eigenvalue weighted by Crippen LogP contribution is 2.40. The molecule has 0 spiro atoms. The molecule has 30 heavy (non-hydrogen) atoms. The Balaban J connectivity index is 1.41. The lowest BCUT2D eigenvalue weighted by atomic mass is 9.99. The highest BCUT2D eigenvalue weighted by Gasteiger charge is 2.40. The Hall–Kier alpha value is -3.08. The number of rotatable bonds is 5. The zero-order valence-corrected chi connectivity index (χ0v) is 16.2. The fraction of sp³-hybridized carbons (Fsp3) is 0.409. The average molecular weight is 414 g/mol. The molecule has 5 nitrogen and oxygen atoms in total. The van der Waals surface area contributed by atoms with Crippen LogP contribution < -0.4 is 10.2 Å². The molecular weight excluding hydrogens is 393 g/mol. The molecule has 2 heterocycles. The summed E-state index contributed by atoms with van der Waals surface area (Å²) in [7, 11) is 0. The molecule has 1 aliphatic carbocycles. The van der Waals surface area contributed by atoms with Crippen molar-refractivity contribution in [3.05, 3.63) is 59.4 Å². The Morgan fingerprint density at radius 1 is 1.27 bits per heavy atom. The quantitative estimate of drug-likeness (QED) is 0.808. The number of halogens is 3. The van der Waals surface area contributed by atoms with Crippen molar-refractivity contribution in [2.24, 2.45) is 0 Å². The lowest BCUT2D eigenvalue weighted by molar-refractivity contribution is -0.137. The van der Waals surface area contributed by atoms with Crippen LogP contribution in [0.4, 0.5) is 18.9 Å². The van der Waals surface area contributed by atoms with Crippen molar-refractivity contribution in [2.45, 2.75) is 43.3 Å². The zero-order valence-electron chi connectivity index (χ0n) is 16.2. The van der Waals surface area contributed by atoms with Crippen LogP contribution in [0.1, 0.15) is 41.9 Å². The van der Waals surface area contributed by atoms with E-state index < -0.39 is 17.3 Å². The Morgan fingerprint density at radius 2 is 2.00 bits per heavy atom. The average Bonchev–Trinajstić information content (AvgIpc) is 3.48. The number of benzene rings is 1. The van der Waals surface area contributed by atoms with Crippen molar-refractivity contribution in [3.8, 4) is 6.07 Å². The van der Waals surface area contributed by atoms with E-state index in [0.717, 1.165) is 17.8 Å². The van der Waals surface area contributed by atoms with Gasteiger partial charge < -0.3 is 10.2 Å². The van der Waals surface area contributed by atoms with Gasteiger partial charge in [-0.1, -0.05) is 24.3 Å². The third-order valence-electron chi connectivity index (χ3n) is 5.67. The molecule has 156 valence electrons. The first kappa shape index (κ1) is 20.2. The number of carbonyl (C=O) groups excluding carboxylic acids is 1. The summed E-state index contributed by atoms with van der Waals surface area (Å²) in [6, 6.07) is 11.1. The fourth-order valence-electron chi connectivity index (χ4n) is 3.83. The van der Waals surface area contributed by atoms with E-state index in [-0.39, 0.29) is 24.6 Å². The van der Waals surface area contributed by atoms with Crippen molar-refractivity contribution in [1.82, 2.24) is 10.3 Å². The molecule has 2 fully saturated rings. The SMILES string of the molecule is N#C[C@@]1(NC(=O)Cc2ccc(C3CC3)cc2)CCN(c2cncc(C(F)(F)F)c2)C1. The first-order valence-corrected chi connectivity index (χ1v) is 9.86. The molecule has 2 aromatic rings. The van der Waals surface area contributed by atoms with Crippen LogP contribution in [-0.4, -0.2) is 29.5 Å². The molecule has 8 heteroatoms. The van der Waals surface area contributed by atoms with E-state index in [9.17, 15) is 23.2 Å². The van der Waals surface area contributed by atoms with Gasteiger partial charge in [-0.05, 0) is 36.0 Å². The van der Waals surface area contributed by atoms with Gasteiger partial charge in [0.2, 0.25) is 5.91 Å². The van der Waals surface area contributed by atoms with E-state index in [0.29, 0.717) is 18.9 Å². The summed E-state index contributed by atoms with van der Waals surface area (Å²) in [5.41, 5.74) is 0.454. The molecule has 2 aliphatic rings. The summed E-state index contributed by atoms with van der Waals surface area (Å²) in [6.45, 7) is 0.464. The van der Waals surface area contributed by atoms with Crippen LogP contribution in [0.2, 0.25) is 0 Å². The second-order valence-corrected chi connectivity index (χ2v) is 8.04. The molecule has 1 atom stereocenters. The van der Waals surface area contributed by atoms with Crippen molar-refractivity contribution < 1.29 is 18.0 Å². The fourth-order valence-corrected chi connectivity index (χ4v) is 3.83. The third-order valence-corrected chi connectivity index (χ3v) is 5.67. The van der Waals surface area contributed by atoms with Crippen LogP contribution in [0.3, 0.4) is 0 Å². The number of alkyl halides is 3. The van der Waals surface area contributed by atoms with E-state index in [2.05, 4.69) is 16.4 Å². The minimum atomic E-state index is -4.49. The number of carbonyl (C=O) groups is 1. The van der Waals surface area contributed by atoms with Gasteiger partial charge in [0.1, 0.15) is 5.54 Å². The van der Waals surface area contributed by atoms with E-state index in [1.807, 2.05) is 24.3 Å². The first-order chi connectivity index (χ1) is 14.3. The van der Waals surface area contributed by atoms with Gasteiger partial charge in [-0.15, -0.1) is 0 Å². The van der Waals surface area contributed by atoms with Crippen molar-refractivity contribution in [3.63, 3.8) is 0 Å². The number of aromatic nitrogens is 1. The second-order valence-electron chi connectivity index (χ2n) is 8.04. The highest BCUT2D eigenvalue weighted by atomic mass is 19.4. The molecule has 4 rings (SSSR count). The molecule has 1 aromatic carbocycles. The van der Waals surface area contributed by atoms with Gasteiger partial charge in [0.05, 0.1) is 36.5 Å². The van der Waals surface area contributed by atoms with Gasteiger partial charge in [-0.3, -0.25) is 9.78 Å². The van der Waals surface area contributed by atoms with Crippen LogP contribution in [0, 0.1) is 11.3 Å². The maximum atomic E-state index is 13.0. The molecule has 1 aromatic heterocycles. The van der Waals surface area contributed by atoms with E-state index in [4.69, 9.17) is 0 Å². The summed E-state index contributed by atoms with van der Waals surface area (Å²) in [5.74, 6) is 0.365. The van der Waals surface area contributed by atoms with Gasteiger partial charge in [-0.2, -0.15) is 18.4 Å². The highest BCUT2D eigenvalue weighted by molar-refractivity contribution is 5.80. The van der Waals surface area contributed by atoms with Gasteiger partial charge in [-0.25, -0.2) is 0 Å². The number of hydrogen-bond donors (Lipinski definition) is 1. The number of nitrogens with one attached hydrogen (secondary N) is 1. The molecule has 1 saturated heterocycles. The van der Waals surface area contributed by atoms with Crippen LogP contribution in [-0.2, 0) is 17.4 Å². The van der Waals surface area contributed by atoms with E-state index >= 15 is 0 Å². The maximum absolute atomic E-state index is 13.0. The van der Waals surface area contributed by atoms with E-state index in [1.54, 1.807) is 4.90 Å². The summed E-state index contributed by atoms with van der Waals surface area (Å²) in [6.07, 6.45) is 0.522. The van der Waals surface area contributed by atoms with Crippen molar-refractivity contribution in [1.29, 1.82) is 5.26 Å². The first-order valence-electron chi connectivity index (χ1n) is 9.86.